The van der Waals surface area contributed by atoms with Gasteiger partial charge in [0.1, 0.15) is 5.69 Å². The zero-order valence-corrected chi connectivity index (χ0v) is 15.0. The molecule has 6 heteroatoms. The Kier molecular flexibility index (Phi) is 6.23. The Balaban J connectivity index is 2.39. The Morgan fingerprint density at radius 3 is 2.42 bits per heavy atom. The first-order chi connectivity index (χ1) is 11.5. The van der Waals surface area contributed by atoms with Crippen LogP contribution in [0.4, 0.5) is 5.69 Å². The molecule has 6 nitrogen and oxygen atoms in total. The maximum atomic E-state index is 10.6. The highest BCUT2D eigenvalue weighted by Crippen LogP contribution is 2.27. The van der Waals surface area contributed by atoms with Crippen LogP contribution in [0.25, 0.3) is 11.3 Å². The van der Waals surface area contributed by atoms with Gasteiger partial charge in [-0.1, -0.05) is 19.1 Å². The van der Waals surface area contributed by atoms with Gasteiger partial charge in [0.05, 0.1) is 11.4 Å². The summed E-state index contributed by atoms with van der Waals surface area (Å²) in [4.78, 5) is 10.6. The Hall–Kier alpha value is -2.05. The molecule has 24 heavy (non-hydrogen) atoms. The molecular formula is C18H26N4O2. The predicted octanol–water partition coefficient (Wildman–Crippen LogP) is 4.56. The lowest BCUT2D eigenvalue weighted by molar-refractivity contribution is 0.0558. The number of hydrogen-bond acceptors (Lipinski definition) is 5. The highest BCUT2D eigenvalue weighted by molar-refractivity contribution is 5.62. The molecule has 2 aromatic rings. The Morgan fingerprint density at radius 1 is 1.25 bits per heavy atom. The van der Waals surface area contributed by atoms with Gasteiger partial charge >= 0.3 is 0 Å². The molecule has 0 aliphatic heterocycles. The van der Waals surface area contributed by atoms with Gasteiger partial charge < -0.3 is 4.74 Å². The van der Waals surface area contributed by atoms with E-state index in [1.807, 2.05) is 22.9 Å². The van der Waals surface area contributed by atoms with Crippen molar-refractivity contribution in [1.29, 1.82) is 0 Å². The topological polar surface area (TPSA) is 68.5 Å². The van der Waals surface area contributed by atoms with Crippen molar-refractivity contribution in [2.24, 2.45) is 5.18 Å². The van der Waals surface area contributed by atoms with Crippen molar-refractivity contribution < 1.29 is 4.74 Å². The van der Waals surface area contributed by atoms with Crippen LogP contribution in [-0.2, 0) is 4.74 Å². The zero-order chi connectivity index (χ0) is 17.7. The van der Waals surface area contributed by atoms with Gasteiger partial charge in [0, 0.05) is 24.8 Å². The molecule has 0 bridgehead atoms. The van der Waals surface area contributed by atoms with Crippen LogP contribution in [0.15, 0.2) is 35.5 Å². The van der Waals surface area contributed by atoms with Gasteiger partial charge in [-0.25, -0.2) is 0 Å². The molecule has 2 rings (SSSR count). The van der Waals surface area contributed by atoms with Crippen LogP contribution in [0.1, 0.15) is 52.1 Å². The Bertz CT molecular complexity index is 664. The lowest BCUT2D eigenvalue weighted by Gasteiger charge is -2.23. The molecule has 0 radical (unpaired) electrons. The van der Waals surface area contributed by atoms with Crippen molar-refractivity contribution in [2.75, 3.05) is 7.11 Å². The van der Waals surface area contributed by atoms with Gasteiger partial charge in [0.2, 0.25) is 0 Å². The highest BCUT2D eigenvalue weighted by Gasteiger charge is 2.21. The largest absolute Gasteiger partial charge is 0.361 e. The number of methoxy groups -OCH3 is 1. The number of aromatic nitrogens is 2. The summed E-state index contributed by atoms with van der Waals surface area (Å²) in [5.41, 5.74) is 3.20. The molecule has 1 heterocycles. The van der Waals surface area contributed by atoms with Crippen molar-refractivity contribution in [3.8, 4) is 11.3 Å². The van der Waals surface area contributed by atoms with Crippen molar-refractivity contribution in [2.45, 2.75) is 52.4 Å². The number of benzene rings is 1. The normalized spacial score (nSPS) is 13.9. The lowest BCUT2D eigenvalue weighted by atomic mass is 10.1. The molecule has 2 atom stereocenters. The number of rotatable bonds is 8. The monoisotopic (exact) mass is 330 g/mol. The number of nitrogens with one attached hydrogen (secondary N) is 1. The van der Waals surface area contributed by atoms with E-state index in [2.05, 4.69) is 38.2 Å². The zero-order valence-electron chi connectivity index (χ0n) is 15.0. The minimum Gasteiger partial charge on any atom is -0.361 e. The van der Waals surface area contributed by atoms with Crippen LogP contribution in [-0.4, -0.2) is 22.9 Å². The van der Waals surface area contributed by atoms with Crippen molar-refractivity contribution in [1.82, 2.24) is 15.1 Å². The fraction of sp³-hybridized carbons (Fsp3) is 0.500. The summed E-state index contributed by atoms with van der Waals surface area (Å²) >= 11 is 0. The smallest absolute Gasteiger partial charge is 0.150 e. The summed E-state index contributed by atoms with van der Waals surface area (Å²) in [5.74, 6) is 0. The fourth-order valence-corrected chi connectivity index (χ4v) is 2.50. The van der Waals surface area contributed by atoms with Gasteiger partial charge in [-0.05, 0) is 50.6 Å². The van der Waals surface area contributed by atoms with E-state index in [0.717, 1.165) is 23.4 Å². The first kappa shape index (κ1) is 18.3. The number of nitroso groups, excluding NO2 is 1. The Labute approximate surface area is 143 Å². The molecule has 0 saturated heterocycles. The quantitative estimate of drug-likeness (QED) is 0.569. The van der Waals surface area contributed by atoms with E-state index in [-0.39, 0.29) is 12.3 Å². The molecule has 1 aromatic carbocycles. The summed E-state index contributed by atoms with van der Waals surface area (Å²) in [5, 5.41) is 11.1. The van der Waals surface area contributed by atoms with Crippen LogP contribution in [0.3, 0.4) is 0 Å². The van der Waals surface area contributed by atoms with Crippen LogP contribution in [0.5, 0.6) is 0 Å². The molecule has 2 unspecified atom stereocenters. The standard InChI is InChI=1S/C18H26N4O2/c1-6-13(4)19-18(24-5)17-11-16(20-22(17)12(2)3)14-7-9-15(21-23)10-8-14/h7-13,18-19H,6H2,1-5H3. The van der Waals surface area contributed by atoms with Crippen LogP contribution >= 0.6 is 0 Å². The van der Waals surface area contributed by atoms with E-state index in [4.69, 9.17) is 9.84 Å². The molecule has 0 aliphatic rings. The van der Waals surface area contributed by atoms with Crippen LogP contribution in [0.2, 0.25) is 0 Å². The van der Waals surface area contributed by atoms with E-state index < -0.39 is 0 Å². The van der Waals surface area contributed by atoms with E-state index >= 15 is 0 Å². The maximum absolute atomic E-state index is 10.6. The van der Waals surface area contributed by atoms with Crippen LogP contribution in [0, 0.1) is 4.91 Å². The Morgan fingerprint density at radius 2 is 1.92 bits per heavy atom. The lowest BCUT2D eigenvalue weighted by Crippen LogP contribution is -2.32. The summed E-state index contributed by atoms with van der Waals surface area (Å²) in [6.45, 7) is 8.46. The second-order valence-electron chi connectivity index (χ2n) is 6.22. The molecule has 0 saturated carbocycles. The molecule has 1 N–H and O–H groups in total. The van der Waals surface area contributed by atoms with E-state index in [9.17, 15) is 4.91 Å². The van der Waals surface area contributed by atoms with E-state index in [1.54, 1.807) is 19.2 Å². The molecule has 1 aromatic heterocycles. The summed E-state index contributed by atoms with van der Waals surface area (Å²) in [6.07, 6.45) is 0.794. The van der Waals surface area contributed by atoms with Gasteiger partial charge in [-0.2, -0.15) is 5.10 Å². The first-order valence-electron chi connectivity index (χ1n) is 8.32. The second kappa shape index (κ2) is 8.17. The molecular weight excluding hydrogens is 304 g/mol. The number of nitrogens with zero attached hydrogens (tertiary/aromatic N) is 3. The first-order valence-corrected chi connectivity index (χ1v) is 8.32. The van der Waals surface area contributed by atoms with E-state index in [1.165, 1.54) is 0 Å². The fourth-order valence-electron chi connectivity index (χ4n) is 2.50. The van der Waals surface area contributed by atoms with E-state index in [0.29, 0.717) is 11.7 Å². The number of hydrogen-bond donors (Lipinski definition) is 1. The summed E-state index contributed by atoms with van der Waals surface area (Å²) < 4.78 is 7.63. The number of ether oxygens (including phenoxy) is 1. The van der Waals surface area contributed by atoms with Gasteiger partial charge in [0.25, 0.3) is 0 Å². The third-order valence-electron chi connectivity index (χ3n) is 4.07. The van der Waals surface area contributed by atoms with Crippen molar-refractivity contribution >= 4 is 5.69 Å². The van der Waals surface area contributed by atoms with Crippen LogP contribution < -0.4 is 5.32 Å². The summed E-state index contributed by atoms with van der Waals surface area (Å²) in [6, 6.07) is 9.69. The van der Waals surface area contributed by atoms with Gasteiger partial charge in [-0.15, -0.1) is 4.91 Å². The van der Waals surface area contributed by atoms with Gasteiger partial charge in [-0.3, -0.25) is 10.00 Å². The third kappa shape index (κ3) is 4.07. The molecule has 0 aliphatic carbocycles. The predicted molar refractivity (Wildman–Crippen MR) is 96.1 cm³/mol. The molecule has 0 amide bonds. The van der Waals surface area contributed by atoms with Crippen molar-refractivity contribution in [3.63, 3.8) is 0 Å². The minimum absolute atomic E-state index is 0.209. The summed E-state index contributed by atoms with van der Waals surface area (Å²) in [7, 11) is 1.70. The minimum atomic E-state index is -0.223. The van der Waals surface area contributed by atoms with Gasteiger partial charge in [0.15, 0.2) is 6.23 Å². The maximum Gasteiger partial charge on any atom is 0.150 e. The second-order valence-corrected chi connectivity index (χ2v) is 6.22. The molecule has 0 fully saturated rings. The molecule has 0 spiro atoms. The van der Waals surface area contributed by atoms with Crippen molar-refractivity contribution in [3.05, 3.63) is 40.9 Å². The third-order valence-corrected chi connectivity index (χ3v) is 4.07. The SMILES string of the molecule is CCC(C)NC(OC)c1cc(-c2ccc(N=O)cc2)nn1C(C)C. The average molecular weight is 330 g/mol. The molecule has 130 valence electrons. The highest BCUT2D eigenvalue weighted by atomic mass is 16.5. The average Bonchev–Trinajstić information content (AvgIpc) is 3.04.